The minimum Gasteiger partial charge on any atom is -0.493 e. The number of aromatic nitrogens is 2. The van der Waals surface area contributed by atoms with Crippen LogP contribution in [-0.4, -0.2) is 99.4 Å². The molecule has 1 unspecified atom stereocenters. The summed E-state index contributed by atoms with van der Waals surface area (Å²) < 4.78 is 22.4. The first kappa shape index (κ1) is 32.3. The van der Waals surface area contributed by atoms with Gasteiger partial charge in [0.05, 0.1) is 52.3 Å². The summed E-state index contributed by atoms with van der Waals surface area (Å²) in [5.74, 6) is -3.04. The van der Waals surface area contributed by atoms with Crippen LogP contribution in [0.1, 0.15) is 42.6 Å². The fraction of sp³-hybridized carbons (Fsp3) is 0.538. The van der Waals surface area contributed by atoms with E-state index in [9.17, 15) is 14.4 Å². The van der Waals surface area contributed by atoms with Crippen LogP contribution in [0.5, 0.6) is 17.2 Å². The van der Waals surface area contributed by atoms with Crippen LogP contribution in [0.15, 0.2) is 18.5 Å². The van der Waals surface area contributed by atoms with Gasteiger partial charge in [-0.15, -0.1) is 0 Å². The first-order valence-corrected chi connectivity index (χ1v) is 12.4. The molecule has 0 radical (unpaired) electrons. The zero-order chi connectivity index (χ0) is 29.9. The Morgan fingerprint density at radius 3 is 2.15 bits per heavy atom. The van der Waals surface area contributed by atoms with Gasteiger partial charge in [0.1, 0.15) is 0 Å². The normalized spacial score (nSPS) is 14.8. The molecule has 1 atom stereocenters. The molecule has 0 bridgehead atoms. The van der Waals surface area contributed by atoms with E-state index in [0.717, 1.165) is 49.5 Å². The quantitative estimate of drug-likeness (QED) is 0.221. The van der Waals surface area contributed by atoms with Crippen LogP contribution in [0.25, 0.3) is 0 Å². The number of nitrogens with one attached hydrogen (secondary N) is 1. The number of hydrogen-bond acceptors (Lipinski definition) is 10. The van der Waals surface area contributed by atoms with Gasteiger partial charge in [0.15, 0.2) is 17.1 Å². The van der Waals surface area contributed by atoms with Crippen LogP contribution in [0.2, 0.25) is 0 Å². The van der Waals surface area contributed by atoms with Crippen molar-refractivity contribution in [1.29, 1.82) is 0 Å². The Balaban J connectivity index is 0.000000366. The van der Waals surface area contributed by atoms with E-state index in [1.165, 1.54) is 0 Å². The SMILES string of the molecule is COc1ccc(CN(Cc2nc[nH]c2C)CC2CCCO2)c(OC)c1OC.O=C(O)CC(O)(CC(=O)O)C(=O)O. The second kappa shape index (κ2) is 15.1. The average molecular weight is 568 g/mol. The molecule has 40 heavy (non-hydrogen) atoms. The molecule has 0 saturated carbocycles. The lowest BCUT2D eigenvalue weighted by Crippen LogP contribution is -2.42. The maximum atomic E-state index is 10.3. The molecule has 1 fully saturated rings. The summed E-state index contributed by atoms with van der Waals surface area (Å²) >= 11 is 0. The van der Waals surface area contributed by atoms with Crippen molar-refractivity contribution in [2.75, 3.05) is 34.5 Å². The van der Waals surface area contributed by atoms with Crippen molar-refractivity contribution in [3.05, 3.63) is 35.4 Å². The molecule has 1 aromatic heterocycles. The molecule has 2 heterocycles. The summed E-state index contributed by atoms with van der Waals surface area (Å²) in [7, 11) is 4.91. The molecule has 0 spiro atoms. The van der Waals surface area contributed by atoms with Gasteiger partial charge in [-0.05, 0) is 25.8 Å². The van der Waals surface area contributed by atoms with E-state index >= 15 is 0 Å². The summed E-state index contributed by atoms with van der Waals surface area (Å²) in [6.07, 6.45) is 1.93. The largest absolute Gasteiger partial charge is 0.493 e. The number of aliphatic carboxylic acids is 3. The van der Waals surface area contributed by atoms with Crippen molar-refractivity contribution < 1.29 is 53.8 Å². The molecule has 1 aliphatic rings. The maximum absolute atomic E-state index is 10.3. The number of nitrogens with zero attached hydrogens (tertiary/aromatic N) is 2. The number of aryl methyl sites for hydroxylation is 1. The fourth-order valence-corrected chi connectivity index (χ4v) is 4.26. The van der Waals surface area contributed by atoms with Crippen LogP contribution in [0.3, 0.4) is 0 Å². The van der Waals surface area contributed by atoms with Gasteiger partial charge < -0.3 is 44.4 Å². The second-order valence-corrected chi connectivity index (χ2v) is 9.25. The van der Waals surface area contributed by atoms with Gasteiger partial charge >= 0.3 is 17.9 Å². The number of ether oxygens (including phenoxy) is 4. The highest BCUT2D eigenvalue weighted by atomic mass is 16.5. The number of imidazole rings is 1. The van der Waals surface area contributed by atoms with Crippen molar-refractivity contribution in [2.24, 2.45) is 0 Å². The van der Waals surface area contributed by atoms with Crippen LogP contribution in [0, 0.1) is 6.92 Å². The van der Waals surface area contributed by atoms with E-state index in [1.807, 2.05) is 19.1 Å². The standard InChI is InChI=1S/C20H29N3O4.C6H8O7/c1-14-17(22-13-21-14)12-23(11-16-6-5-9-27-16)10-15-7-8-18(24-2)20(26-4)19(15)25-3;7-3(8)1-6(13,5(11)12)2-4(9)10/h7-8,13,16H,5-6,9-12H2,1-4H3,(H,21,22);13H,1-2H2,(H,7,8)(H,9,10)(H,11,12). The third-order valence-electron chi connectivity index (χ3n) is 6.26. The first-order valence-electron chi connectivity index (χ1n) is 12.4. The third kappa shape index (κ3) is 9.10. The summed E-state index contributed by atoms with van der Waals surface area (Å²) in [5.41, 5.74) is 0.442. The second-order valence-electron chi connectivity index (χ2n) is 9.25. The van der Waals surface area contributed by atoms with E-state index in [2.05, 4.69) is 14.9 Å². The Hall–Kier alpha value is -3.88. The Labute approximate surface area is 231 Å². The fourth-order valence-electron chi connectivity index (χ4n) is 4.26. The number of H-pyrrole nitrogens is 1. The van der Waals surface area contributed by atoms with Gasteiger partial charge in [-0.25, -0.2) is 9.78 Å². The molecule has 14 nitrogen and oxygen atoms in total. The zero-order valence-electron chi connectivity index (χ0n) is 23.0. The zero-order valence-corrected chi connectivity index (χ0v) is 23.0. The molecular weight excluding hydrogens is 530 g/mol. The lowest BCUT2D eigenvalue weighted by Gasteiger charge is -2.26. The minimum absolute atomic E-state index is 0.260. The molecule has 3 rings (SSSR count). The topological polar surface area (TPSA) is 201 Å². The highest BCUT2D eigenvalue weighted by Gasteiger charge is 2.40. The number of hydrogen-bond donors (Lipinski definition) is 5. The maximum Gasteiger partial charge on any atom is 0.336 e. The Bertz CT molecular complexity index is 1130. The van der Waals surface area contributed by atoms with Crippen molar-refractivity contribution in [2.45, 2.75) is 57.4 Å². The highest BCUT2D eigenvalue weighted by molar-refractivity contribution is 5.88. The number of carboxylic acid groups (broad SMARTS) is 3. The highest BCUT2D eigenvalue weighted by Crippen LogP contribution is 2.40. The first-order chi connectivity index (χ1) is 18.9. The number of carbonyl (C=O) groups is 3. The molecule has 14 heteroatoms. The van der Waals surface area contributed by atoms with Crippen LogP contribution in [-0.2, 0) is 32.2 Å². The van der Waals surface area contributed by atoms with E-state index in [4.69, 9.17) is 39.4 Å². The molecule has 5 N–H and O–H groups in total. The summed E-state index contributed by atoms with van der Waals surface area (Å²) in [4.78, 5) is 40.5. The van der Waals surface area contributed by atoms with E-state index < -0.39 is 36.4 Å². The van der Waals surface area contributed by atoms with Gasteiger partial charge in [0.2, 0.25) is 5.75 Å². The predicted octanol–water partition coefficient (Wildman–Crippen LogP) is 1.68. The predicted molar refractivity (Wildman–Crippen MR) is 140 cm³/mol. The van der Waals surface area contributed by atoms with Gasteiger partial charge in [-0.2, -0.15) is 0 Å². The third-order valence-corrected chi connectivity index (χ3v) is 6.26. The van der Waals surface area contributed by atoms with Crippen molar-refractivity contribution in [1.82, 2.24) is 14.9 Å². The molecule has 1 saturated heterocycles. The number of methoxy groups -OCH3 is 3. The molecular formula is C26H37N3O11. The number of rotatable bonds is 14. The van der Waals surface area contributed by atoms with Crippen LogP contribution in [0.4, 0.5) is 0 Å². The van der Waals surface area contributed by atoms with Crippen molar-refractivity contribution >= 4 is 17.9 Å². The molecule has 1 aromatic carbocycles. The number of aromatic amines is 1. The van der Waals surface area contributed by atoms with Gasteiger partial charge in [0, 0.05) is 37.5 Å². The average Bonchev–Trinajstić information content (AvgIpc) is 3.54. The molecule has 0 aliphatic carbocycles. The molecule has 222 valence electrons. The van der Waals surface area contributed by atoms with Crippen LogP contribution >= 0.6 is 0 Å². The molecule has 2 aromatic rings. The smallest absolute Gasteiger partial charge is 0.336 e. The van der Waals surface area contributed by atoms with E-state index in [0.29, 0.717) is 23.8 Å². The Morgan fingerprint density at radius 1 is 1.05 bits per heavy atom. The Kier molecular flexibility index (Phi) is 12.2. The van der Waals surface area contributed by atoms with E-state index in [-0.39, 0.29) is 6.10 Å². The summed E-state index contributed by atoms with van der Waals surface area (Å²) in [6.45, 7) is 5.19. The summed E-state index contributed by atoms with van der Waals surface area (Å²) in [6, 6.07) is 3.95. The Morgan fingerprint density at radius 2 is 1.70 bits per heavy atom. The van der Waals surface area contributed by atoms with Gasteiger partial charge in [0.25, 0.3) is 0 Å². The van der Waals surface area contributed by atoms with E-state index in [1.54, 1.807) is 27.7 Å². The number of benzene rings is 1. The minimum atomic E-state index is -2.74. The number of aliphatic hydroxyl groups is 1. The summed E-state index contributed by atoms with van der Waals surface area (Å²) in [5, 5.41) is 33.8. The molecule has 0 amide bonds. The lowest BCUT2D eigenvalue weighted by atomic mass is 9.96. The molecule has 1 aliphatic heterocycles. The monoisotopic (exact) mass is 567 g/mol. The number of carboxylic acids is 3. The van der Waals surface area contributed by atoms with Crippen molar-refractivity contribution in [3.8, 4) is 17.2 Å². The van der Waals surface area contributed by atoms with Gasteiger partial charge in [-0.1, -0.05) is 6.07 Å². The lowest BCUT2D eigenvalue weighted by molar-refractivity contribution is -0.170. The van der Waals surface area contributed by atoms with Crippen LogP contribution < -0.4 is 14.2 Å². The van der Waals surface area contributed by atoms with Crippen molar-refractivity contribution in [3.63, 3.8) is 0 Å². The van der Waals surface area contributed by atoms with Gasteiger partial charge in [-0.3, -0.25) is 14.5 Å².